The highest BCUT2D eigenvalue weighted by molar-refractivity contribution is 5.84. The Morgan fingerprint density at radius 3 is 2.20 bits per heavy atom. The largest absolute Gasteiger partial charge is 0.206 e. The monoisotopic (exact) mass is 469 g/mol. The Bertz CT molecular complexity index is 1120. The molecule has 0 heterocycles. The highest BCUT2D eigenvalue weighted by atomic mass is 19.1. The third-order valence-electron chi connectivity index (χ3n) is 8.14. The Balaban J connectivity index is 1.27. The van der Waals surface area contributed by atoms with E-state index in [1.807, 2.05) is 36.4 Å². The number of hydrogen-bond acceptors (Lipinski definition) is 1. The Hall–Kier alpha value is -2.66. The van der Waals surface area contributed by atoms with Crippen molar-refractivity contribution >= 4 is 10.8 Å². The molecule has 1 nitrogen and oxygen atoms in total. The lowest BCUT2D eigenvalue weighted by Crippen LogP contribution is -2.15. The number of hydrogen-bond donors (Lipinski definition) is 0. The van der Waals surface area contributed by atoms with Crippen LogP contribution in [0, 0.1) is 29.0 Å². The molecule has 1 aliphatic carbocycles. The van der Waals surface area contributed by atoms with E-state index in [0.717, 1.165) is 46.6 Å². The van der Waals surface area contributed by atoms with Gasteiger partial charge in [-0.05, 0) is 71.7 Å². The topological polar surface area (TPSA) is 23.8 Å². The minimum atomic E-state index is -0.0834. The summed E-state index contributed by atoms with van der Waals surface area (Å²) in [6, 6.07) is 20.1. The molecule has 0 saturated heterocycles. The standard InChI is InChI=1S/C33H40FN/c1-2-3-4-5-6-25-7-9-26(10-8-25)11-14-28-18-22-32-31(23-28)21-20-30(33(32)34)19-17-27-12-15-29(24-35)16-13-27/h12-13,15-16,18,20-23,25-26H,2-11,14,17,19H2,1H3. The summed E-state index contributed by atoms with van der Waals surface area (Å²) in [4.78, 5) is 0. The second kappa shape index (κ2) is 12.9. The highest BCUT2D eigenvalue weighted by Crippen LogP contribution is 2.34. The predicted octanol–water partition coefficient (Wildman–Crippen LogP) is 9.35. The van der Waals surface area contributed by atoms with Gasteiger partial charge in [0, 0.05) is 5.39 Å². The zero-order valence-electron chi connectivity index (χ0n) is 21.4. The molecule has 184 valence electrons. The SMILES string of the molecule is CCCCCCC1CCC(CCc2ccc3c(F)c(CCc4ccc(C#N)cc4)ccc3c2)CC1. The van der Waals surface area contributed by atoms with Gasteiger partial charge in [0.15, 0.2) is 0 Å². The maximum Gasteiger partial charge on any atom is 0.134 e. The average molecular weight is 470 g/mol. The van der Waals surface area contributed by atoms with Gasteiger partial charge in [-0.3, -0.25) is 0 Å². The van der Waals surface area contributed by atoms with E-state index < -0.39 is 0 Å². The van der Waals surface area contributed by atoms with Gasteiger partial charge in [0.1, 0.15) is 5.82 Å². The normalized spacial score (nSPS) is 18.0. The van der Waals surface area contributed by atoms with Crippen molar-refractivity contribution in [3.63, 3.8) is 0 Å². The van der Waals surface area contributed by atoms with E-state index in [1.165, 1.54) is 69.8 Å². The molecule has 2 heteroatoms. The van der Waals surface area contributed by atoms with Crippen LogP contribution in [0.3, 0.4) is 0 Å². The molecule has 0 atom stereocenters. The second-order valence-corrected chi connectivity index (χ2v) is 10.7. The Labute approximate surface area is 211 Å². The van der Waals surface area contributed by atoms with Crippen LogP contribution < -0.4 is 0 Å². The van der Waals surface area contributed by atoms with Gasteiger partial charge in [-0.15, -0.1) is 0 Å². The number of rotatable bonds is 11. The maximum absolute atomic E-state index is 15.2. The van der Waals surface area contributed by atoms with Crippen LogP contribution in [0.15, 0.2) is 54.6 Å². The molecule has 0 radical (unpaired) electrons. The Morgan fingerprint density at radius 2 is 1.49 bits per heavy atom. The summed E-state index contributed by atoms with van der Waals surface area (Å²) in [5.41, 5.74) is 3.89. The fraction of sp³-hybridized carbons (Fsp3) is 0.485. The number of halogens is 1. The van der Waals surface area contributed by atoms with Crippen LogP contribution in [0.2, 0.25) is 0 Å². The van der Waals surface area contributed by atoms with Crippen LogP contribution in [0.4, 0.5) is 4.39 Å². The first-order chi connectivity index (χ1) is 17.2. The number of nitrogens with zero attached hydrogens (tertiary/aromatic N) is 1. The van der Waals surface area contributed by atoms with Gasteiger partial charge in [0.05, 0.1) is 11.6 Å². The summed E-state index contributed by atoms with van der Waals surface area (Å²) in [5.74, 6) is 1.75. The molecule has 4 rings (SSSR count). The number of aryl methyl sites for hydroxylation is 3. The van der Waals surface area contributed by atoms with Crippen molar-refractivity contribution in [2.24, 2.45) is 11.8 Å². The van der Waals surface area contributed by atoms with Gasteiger partial charge < -0.3 is 0 Å². The molecule has 0 N–H and O–H groups in total. The van der Waals surface area contributed by atoms with Crippen LogP contribution in [0.25, 0.3) is 10.8 Å². The van der Waals surface area contributed by atoms with Crippen molar-refractivity contribution in [2.75, 3.05) is 0 Å². The third-order valence-corrected chi connectivity index (χ3v) is 8.14. The zero-order valence-corrected chi connectivity index (χ0v) is 21.4. The van der Waals surface area contributed by atoms with Gasteiger partial charge in [0.2, 0.25) is 0 Å². The minimum absolute atomic E-state index is 0.0834. The molecular formula is C33H40FN. The lowest BCUT2D eigenvalue weighted by molar-refractivity contribution is 0.249. The highest BCUT2D eigenvalue weighted by Gasteiger charge is 2.20. The predicted molar refractivity (Wildman–Crippen MR) is 145 cm³/mol. The summed E-state index contributed by atoms with van der Waals surface area (Å²) in [7, 11) is 0. The van der Waals surface area contributed by atoms with E-state index in [4.69, 9.17) is 5.26 Å². The first-order valence-electron chi connectivity index (χ1n) is 13.8. The molecule has 1 aliphatic rings. The van der Waals surface area contributed by atoms with Crippen molar-refractivity contribution in [2.45, 2.75) is 90.4 Å². The van der Waals surface area contributed by atoms with Crippen molar-refractivity contribution in [3.8, 4) is 6.07 Å². The zero-order chi connectivity index (χ0) is 24.5. The van der Waals surface area contributed by atoms with Crippen LogP contribution in [0.5, 0.6) is 0 Å². The van der Waals surface area contributed by atoms with Crippen molar-refractivity contribution in [1.29, 1.82) is 5.26 Å². The van der Waals surface area contributed by atoms with E-state index in [0.29, 0.717) is 12.0 Å². The van der Waals surface area contributed by atoms with Crippen molar-refractivity contribution < 1.29 is 4.39 Å². The number of nitriles is 1. The molecular weight excluding hydrogens is 429 g/mol. The lowest BCUT2D eigenvalue weighted by Gasteiger charge is -2.28. The first-order valence-corrected chi connectivity index (χ1v) is 13.8. The Kier molecular flexibility index (Phi) is 9.35. The van der Waals surface area contributed by atoms with Gasteiger partial charge >= 0.3 is 0 Å². The molecule has 0 bridgehead atoms. The smallest absolute Gasteiger partial charge is 0.134 e. The van der Waals surface area contributed by atoms with Crippen LogP contribution >= 0.6 is 0 Å². The average Bonchev–Trinajstić information content (AvgIpc) is 2.90. The van der Waals surface area contributed by atoms with Crippen molar-refractivity contribution in [3.05, 3.63) is 82.7 Å². The number of benzene rings is 3. The first kappa shape index (κ1) is 25.4. The fourth-order valence-electron chi connectivity index (χ4n) is 5.80. The number of unbranched alkanes of at least 4 members (excludes halogenated alkanes) is 3. The summed E-state index contributed by atoms with van der Waals surface area (Å²) in [6.45, 7) is 2.29. The second-order valence-electron chi connectivity index (χ2n) is 10.7. The van der Waals surface area contributed by atoms with E-state index in [9.17, 15) is 0 Å². The molecule has 0 spiro atoms. The summed E-state index contributed by atoms with van der Waals surface area (Å²) < 4.78 is 15.2. The van der Waals surface area contributed by atoms with E-state index in [1.54, 1.807) is 0 Å². The van der Waals surface area contributed by atoms with Crippen LogP contribution in [-0.4, -0.2) is 0 Å². The van der Waals surface area contributed by atoms with Crippen molar-refractivity contribution in [1.82, 2.24) is 0 Å². The van der Waals surface area contributed by atoms with E-state index in [-0.39, 0.29) is 5.82 Å². The molecule has 0 unspecified atom stereocenters. The summed E-state index contributed by atoms with van der Waals surface area (Å²) in [5, 5.41) is 10.7. The summed E-state index contributed by atoms with van der Waals surface area (Å²) >= 11 is 0. The lowest BCUT2D eigenvalue weighted by atomic mass is 9.77. The number of fused-ring (bicyclic) bond motifs is 1. The van der Waals surface area contributed by atoms with Gasteiger partial charge in [-0.2, -0.15) is 5.26 Å². The molecule has 35 heavy (non-hydrogen) atoms. The molecule has 3 aromatic carbocycles. The molecule has 0 aliphatic heterocycles. The quantitative estimate of drug-likeness (QED) is 0.257. The molecule has 0 aromatic heterocycles. The van der Waals surface area contributed by atoms with Crippen LogP contribution in [-0.2, 0) is 19.3 Å². The van der Waals surface area contributed by atoms with Crippen LogP contribution in [0.1, 0.15) is 93.4 Å². The minimum Gasteiger partial charge on any atom is -0.206 e. The van der Waals surface area contributed by atoms with Gasteiger partial charge in [-0.1, -0.05) is 107 Å². The summed E-state index contributed by atoms with van der Waals surface area (Å²) in [6.07, 6.45) is 16.4. The third kappa shape index (κ3) is 7.17. The maximum atomic E-state index is 15.2. The van der Waals surface area contributed by atoms with Gasteiger partial charge in [-0.25, -0.2) is 4.39 Å². The molecule has 0 amide bonds. The molecule has 3 aromatic rings. The fourth-order valence-corrected chi connectivity index (χ4v) is 5.80. The van der Waals surface area contributed by atoms with Gasteiger partial charge in [0.25, 0.3) is 0 Å². The van der Waals surface area contributed by atoms with E-state index in [2.05, 4.69) is 31.2 Å². The Morgan fingerprint density at radius 1 is 0.771 bits per heavy atom. The molecule has 1 saturated carbocycles. The van der Waals surface area contributed by atoms with E-state index >= 15 is 4.39 Å². The molecule has 1 fully saturated rings.